The third-order valence-corrected chi connectivity index (χ3v) is 8.12. The summed E-state index contributed by atoms with van der Waals surface area (Å²) in [5.41, 5.74) is 7.88. The van der Waals surface area contributed by atoms with E-state index >= 15 is 0 Å². The number of hydrazone groups is 1. The van der Waals surface area contributed by atoms with Gasteiger partial charge in [0.05, 0.1) is 11.1 Å². The molecular formula is C26H35N5O2S2. The summed E-state index contributed by atoms with van der Waals surface area (Å²) in [7, 11) is -3.57. The van der Waals surface area contributed by atoms with E-state index in [-0.39, 0.29) is 0 Å². The van der Waals surface area contributed by atoms with Gasteiger partial charge in [0.15, 0.2) is 5.11 Å². The lowest BCUT2D eigenvalue weighted by molar-refractivity contribution is 0.410. The van der Waals surface area contributed by atoms with Gasteiger partial charge in [0, 0.05) is 48.0 Å². The van der Waals surface area contributed by atoms with Gasteiger partial charge >= 0.3 is 0 Å². The average Bonchev–Trinajstić information content (AvgIpc) is 3.19. The van der Waals surface area contributed by atoms with E-state index in [1.54, 1.807) is 22.7 Å². The molecule has 3 rings (SSSR count). The largest absolute Gasteiger partial charge is 0.347 e. The number of anilines is 1. The standard InChI is InChI=1S/C26H35N5O2S2/c1-6-14-31(15-7-2)35(32,33)22-12-13-25-23(16-22)21(18-30(25)8-3)17-27-29-26(34)28-24-11-9-10-19(4)20(24)5/h9-13,16-18H,6-8,14-15H2,1-5H3,(H2,28,29,34)/b27-17-. The number of rotatable bonds is 10. The number of fused-ring (bicyclic) bond motifs is 1. The fourth-order valence-electron chi connectivity index (χ4n) is 4.03. The molecule has 0 bridgehead atoms. The highest BCUT2D eigenvalue weighted by Crippen LogP contribution is 2.26. The fourth-order valence-corrected chi connectivity index (χ4v) is 5.84. The van der Waals surface area contributed by atoms with Crippen molar-refractivity contribution in [3.63, 3.8) is 0 Å². The highest BCUT2D eigenvalue weighted by Gasteiger charge is 2.24. The Labute approximate surface area is 214 Å². The van der Waals surface area contributed by atoms with Crippen molar-refractivity contribution in [1.82, 2.24) is 14.3 Å². The summed E-state index contributed by atoms with van der Waals surface area (Å²) in [6.07, 6.45) is 5.20. The zero-order valence-corrected chi connectivity index (χ0v) is 22.8. The molecule has 0 aliphatic carbocycles. The third kappa shape index (κ3) is 6.09. The maximum absolute atomic E-state index is 13.3. The van der Waals surface area contributed by atoms with Gasteiger partial charge in [-0.05, 0) is 81.2 Å². The molecule has 0 saturated carbocycles. The van der Waals surface area contributed by atoms with Crippen LogP contribution < -0.4 is 10.7 Å². The van der Waals surface area contributed by atoms with Crippen LogP contribution in [-0.2, 0) is 16.6 Å². The molecule has 2 N–H and O–H groups in total. The van der Waals surface area contributed by atoms with Gasteiger partial charge in [-0.1, -0.05) is 26.0 Å². The lowest BCUT2D eigenvalue weighted by Gasteiger charge is -2.21. The quantitative estimate of drug-likeness (QED) is 0.215. The van der Waals surface area contributed by atoms with Gasteiger partial charge in [-0.2, -0.15) is 9.41 Å². The highest BCUT2D eigenvalue weighted by atomic mass is 32.2. The number of benzene rings is 2. The predicted molar refractivity (Wildman–Crippen MR) is 150 cm³/mol. The van der Waals surface area contributed by atoms with Gasteiger partial charge in [-0.25, -0.2) is 8.42 Å². The number of nitrogens with zero attached hydrogens (tertiary/aromatic N) is 3. The van der Waals surface area contributed by atoms with Gasteiger partial charge in [-0.15, -0.1) is 0 Å². The van der Waals surface area contributed by atoms with Crippen molar-refractivity contribution in [2.45, 2.75) is 58.9 Å². The van der Waals surface area contributed by atoms with Crippen molar-refractivity contribution >= 4 is 50.2 Å². The van der Waals surface area contributed by atoms with Gasteiger partial charge < -0.3 is 9.88 Å². The molecule has 188 valence electrons. The van der Waals surface area contributed by atoms with E-state index in [0.717, 1.165) is 47.1 Å². The Morgan fingerprint density at radius 2 is 1.83 bits per heavy atom. The molecule has 0 amide bonds. The predicted octanol–water partition coefficient (Wildman–Crippen LogP) is 5.41. The molecular weight excluding hydrogens is 478 g/mol. The Morgan fingerprint density at radius 3 is 2.49 bits per heavy atom. The Bertz CT molecular complexity index is 1320. The summed E-state index contributed by atoms with van der Waals surface area (Å²) in [5.74, 6) is 0. The summed E-state index contributed by atoms with van der Waals surface area (Å²) >= 11 is 5.40. The zero-order valence-electron chi connectivity index (χ0n) is 21.1. The second-order valence-corrected chi connectivity index (χ2v) is 10.9. The van der Waals surface area contributed by atoms with Crippen LogP contribution in [-0.4, -0.2) is 41.7 Å². The van der Waals surface area contributed by atoms with Crippen LogP contribution >= 0.6 is 12.2 Å². The number of aromatic nitrogens is 1. The Kier molecular flexibility index (Phi) is 9.04. The number of hydrogen-bond acceptors (Lipinski definition) is 4. The van der Waals surface area contributed by atoms with E-state index in [2.05, 4.69) is 40.3 Å². The number of aryl methyl sites for hydroxylation is 2. The van der Waals surface area contributed by atoms with E-state index < -0.39 is 10.0 Å². The fraction of sp³-hybridized carbons (Fsp3) is 0.385. The van der Waals surface area contributed by atoms with Gasteiger partial charge in [-0.3, -0.25) is 5.43 Å². The highest BCUT2D eigenvalue weighted by molar-refractivity contribution is 7.89. The zero-order chi connectivity index (χ0) is 25.6. The minimum atomic E-state index is -3.57. The summed E-state index contributed by atoms with van der Waals surface area (Å²) in [6.45, 7) is 11.9. The molecule has 0 fully saturated rings. The summed E-state index contributed by atoms with van der Waals surface area (Å²) in [4.78, 5) is 0.301. The molecule has 35 heavy (non-hydrogen) atoms. The molecule has 3 aromatic rings. The normalized spacial score (nSPS) is 12.1. The van der Waals surface area contributed by atoms with E-state index in [0.29, 0.717) is 23.1 Å². The molecule has 1 heterocycles. The van der Waals surface area contributed by atoms with Crippen molar-refractivity contribution < 1.29 is 8.42 Å². The maximum atomic E-state index is 13.3. The van der Waals surface area contributed by atoms with Crippen LogP contribution in [0.4, 0.5) is 5.69 Å². The van der Waals surface area contributed by atoms with Crippen LogP contribution in [0.2, 0.25) is 0 Å². The maximum Gasteiger partial charge on any atom is 0.243 e. The van der Waals surface area contributed by atoms with Crippen molar-refractivity contribution in [1.29, 1.82) is 0 Å². The second-order valence-electron chi connectivity index (χ2n) is 8.53. The van der Waals surface area contributed by atoms with Crippen LogP contribution in [0.25, 0.3) is 10.9 Å². The molecule has 0 aliphatic heterocycles. The topological polar surface area (TPSA) is 78.7 Å². The first kappa shape index (κ1) is 26.8. The Balaban J connectivity index is 1.87. The molecule has 0 spiro atoms. The van der Waals surface area contributed by atoms with Crippen molar-refractivity contribution in [3.05, 3.63) is 59.3 Å². The van der Waals surface area contributed by atoms with Crippen LogP contribution in [0.15, 0.2) is 52.6 Å². The minimum absolute atomic E-state index is 0.301. The van der Waals surface area contributed by atoms with E-state index in [4.69, 9.17) is 12.2 Å². The summed E-state index contributed by atoms with van der Waals surface area (Å²) < 4.78 is 30.3. The summed E-state index contributed by atoms with van der Waals surface area (Å²) in [5, 5.41) is 8.71. The first-order valence-electron chi connectivity index (χ1n) is 12.0. The molecule has 9 heteroatoms. The molecule has 2 aromatic carbocycles. The molecule has 0 aliphatic rings. The van der Waals surface area contributed by atoms with Crippen LogP contribution in [0, 0.1) is 13.8 Å². The third-order valence-electron chi connectivity index (χ3n) is 6.03. The molecule has 1 aromatic heterocycles. The lowest BCUT2D eigenvalue weighted by Crippen LogP contribution is -2.32. The molecule has 0 radical (unpaired) electrons. The SMILES string of the molecule is CCCN(CCC)S(=O)(=O)c1ccc2c(c1)c(/C=N\NC(=S)Nc1cccc(C)c1C)cn2CC. The summed E-state index contributed by atoms with van der Waals surface area (Å²) in [6, 6.07) is 11.3. The first-order valence-corrected chi connectivity index (χ1v) is 13.9. The van der Waals surface area contributed by atoms with Crippen LogP contribution in [0.1, 0.15) is 50.3 Å². The number of thiocarbonyl (C=S) groups is 1. The smallest absolute Gasteiger partial charge is 0.243 e. The van der Waals surface area contributed by atoms with E-state index in [1.807, 2.05) is 45.2 Å². The first-order chi connectivity index (χ1) is 16.7. The van der Waals surface area contributed by atoms with Crippen LogP contribution in [0.5, 0.6) is 0 Å². The molecule has 7 nitrogen and oxygen atoms in total. The molecule has 0 saturated heterocycles. The van der Waals surface area contributed by atoms with Gasteiger partial charge in [0.1, 0.15) is 0 Å². The van der Waals surface area contributed by atoms with Crippen molar-refractivity contribution in [2.75, 3.05) is 18.4 Å². The number of nitrogens with one attached hydrogen (secondary N) is 2. The lowest BCUT2D eigenvalue weighted by atomic mass is 10.1. The van der Waals surface area contributed by atoms with Gasteiger partial charge in [0.25, 0.3) is 0 Å². The molecule has 0 unspecified atom stereocenters. The van der Waals surface area contributed by atoms with Gasteiger partial charge in [0.2, 0.25) is 10.0 Å². The molecule has 0 atom stereocenters. The van der Waals surface area contributed by atoms with Crippen LogP contribution in [0.3, 0.4) is 0 Å². The Hall–Kier alpha value is -2.75. The van der Waals surface area contributed by atoms with E-state index in [1.165, 1.54) is 5.56 Å². The average molecular weight is 514 g/mol. The Morgan fingerprint density at radius 1 is 1.11 bits per heavy atom. The minimum Gasteiger partial charge on any atom is -0.347 e. The van der Waals surface area contributed by atoms with E-state index in [9.17, 15) is 8.42 Å². The second kappa shape index (κ2) is 11.8. The number of hydrogen-bond donors (Lipinski definition) is 2. The van der Waals surface area contributed by atoms with Crippen molar-refractivity contribution in [3.8, 4) is 0 Å². The van der Waals surface area contributed by atoms with Crippen molar-refractivity contribution in [2.24, 2.45) is 5.10 Å². The number of sulfonamides is 1. The monoisotopic (exact) mass is 513 g/mol.